The second-order valence-corrected chi connectivity index (χ2v) is 4.99. The van der Waals surface area contributed by atoms with Gasteiger partial charge in [0.2, 0.25) is 0 Å². The number of aromatic nitrogens is 1. The first-order chi connectivity index (χ1) is 9.71. The SMILES string of the molecule is Cc1ccncc1C(=O)N1C[C@@H](C(F)(F)F)[C@H](C(=O)O)C1. The number of amides is 1. The predicted molar refractivity (Wildman–Crippen MR) is 65.5 cm³/mol. The van der Waals surface area contributed by atoms with E-state index in [1.165, 1.54) is 12.4 Å². The van der Waals surface area contributed by atoms with Gasteiger partial charge in [0.25, 0.3) is 5.91 Å². The molecular weight excluding hydrogens is 289 g/mol. The van der Waals surface area contributed by atoms with E-state index in [1.807, 2.05) is 0 Å². The first-order valence-corrected chi connectivity index (χ1v) is 6.21. The molecule has 1 saturated heterocycles. The van der Waals surface area contributed by atoms with Crippen LogP contribution < -0.4 is 0 Å². The van der Waals surface area contributed by atoms with Gasteiger partial charge in [0, 0.05) is 25.5 Å². The summed E-state index contributed by atoms with van der Waals surface area (Å²) in [5.41, 5.74) is 0.766. The average Bonchev–Trinajstić information content (AvgIpc) is 2.83. The summed E-state index contributed by atoms with van der Waals surface area (Å²) in [5, 5.41) is 8.92. The van der Waals surface area contributed by atoms with Crippen LogP contribution in [0, 0.1) is 18.8 Å². The largest absolute Gasteiger partial charge is 0.481 e. The molecule has 1 fully saturated rings. The molecule has 1 amide bonds. The quantitative estimate of drug-likeness (QED) is 0.903. The number of rotatable bonds is 2. The van der Waals surface area contributed by atoms with Gasteiger partial charge >= 0.3 is 12.1 Å². The second-order valence-electron chi connectivity index (χ2n) is 4.99. The van der Waals surface area contributed by atoms with Crippen LogP contribution in [0.3, 0.4) is 0 Å². The van der Waals surface area contributed by atoms with E-state index in [1.54, 1.807) is 13.0 Å². The molecule has 1 N–H and O–H groups in total. The van der Waals surface area contributed by atoms with Crippen molar-refractivity contribution in [2.24, 2.45) is 11.8 Å². The summed E-state index contributed by atoms with van der Waals surface area (Å²) in [6, 6.07) is 1.57. The van der Waals surface area contributed by atoms with Crippen LogP contribution in [0.4, 0.5) is 13.2 Å². The third kappa shape index (κ3) is 2.98. The lowest BCUT2D eigenvalue weighted by Crippen LogP contribution is -2.34. The Morgan fingerprint density at radius 1 is 1.38 bits per heavy atom. The third-order valence-corrected chi connectivity index (χ3v) is 3.61. The van der Waals surface area contributed by atoms with E-state index in [-0.39, 0.29) is 5.56 Å². The van der Waals surface area contributed by atoms with Gasteiger partial charge in [-0.15, -0.1) is 0 Å². The Labute approximate surface area is 118 Å². The zero-order valence-electron chi connectivity index (χ0n) is 11.1. The number of carbonyl (C=O) groups excluding carboxylic acids is 1. The Hall–Kier alpha value is -2.12. The minimum Gasteiger partial charge on any atom is -0.481 e. The molecule has 0 unspecified atom stereocenters. The van der Waals surface area contributed by atoms with Crippen LogP contribution in [0.5, 0.6) is 0 Å². The molecule has 2 heterocycles. The third-order valence-electron chi connectivity index (χ3n) is 3.61. The Kier molecular flexibility index (Phi) is 3.89. The van der Waals surface area contributed by atoms with Crippen LogP contribution in [0.25, 0.3) is 0 Å². The summed E-state index contributed by atoms with van der Waals surface area (Å²) in [6.45, 7) is 0.543. The maximum Gasteiger partial charge on any atom is 0.394 e. The highest BCUT2D eigenvalue weighted by Gasteiger charge is 2.53. The van der Waals surface area contributed by atoms with Crippen LogP contribution in [0.1, 0.15) is 15.9 Å². The van der Waals surface area contributed by atoms with Gasteiger partial charge in [-0.1, -0.05) is 0 Å². The van der Waals surface area contributed by atoms with Crippen molar-refractivity contribution in [2.45, 2.75) is 13.1 Å². The van der Waals surface area contributed by atoms with Gasteiger partial charge in [-0.2, -0.15) is 13.2 Å². The maximum atomic E-state index is 12.9. The highest BCUT2D eigenvalue weighted by atomic mass is 19.4. The van der Waals surface area contributed by atoms with Gasteiger partial charge < -0.3 is 10.0 Å². The highest BCUT2D eigenvalue weighted by Crippen LogP contribution is 2.38. The summed E-state index contributed by atoms with van der Waals surface area (Å²) < 4.78 is 38.6. The number of aryl methyl sites for hydroxylation is 1. The van der Waals surface area contributed by atoms with E-state index in [2.05, 4.69) is 4.98 Å². The summed E-state index contributed by atoms with van der Waals surface area (Å²) in [5.74, 6) is -5.85. The zero-order chi connectivity index (χ0) is 15.8. The van der Waals surface area contributed by atoms with Gasteiger partial charge in [0.15, 0.2) is 0 Å². The summed E-state index contributed by atoms with van der Waals surface area (Å²) in [4.78, 5) is 27.9. The van der Waals surface area contributed by atoms with E-state index in [0.29, 0.717) is 5.56 Å². The van der Waals surface area contributed by atoms with E-state index in [0.717, 1.165) is 4.90 Å². The summed E-state index contributed by atoms with van der Waals surface area (Å²) >= 11 is 0. The average molecular weight is 302 g/mol. The van der Waals surface area contributed by atoms with Crippen molar-refractivity contribution in [1.82, 2.24) is 9.88 Å². The molecule has 1 aromatic heterocycles. The maximum absolute atomic E-state index is 12.9. The Bertz CT molecular complexity index is 574. The van der Waals surface area contributed by atoms with Gasteiger partial charge in [0.1, 0.15) is 0 Å². The minimum absolute atomic E-state index is 0.185. The molecular formula is C13H13F3N2O3. The molecule has 0 bridgehead atoms. The van der Waals surface area contributed by atoms with Crippen LogP contribution in [-0.4, -0.2) is 46.1 Å². The van der Waals surface area contributed by atoms with Crippen molar-refractivity contribution in [3.63, 3.8) is 0 Å². The second kappa shape index (κ2) is 5.34. The molecule has 21 heavy (non-hydrogen) atoms. The zero-order valence-corrected chi connectivity index (χ0v) is 11.1. The van der Waals surface area contributed by atoms with Gasteiger partial charge in [-0.25, -0.2) is 0 Å². The Morgan fingerprint density at radius 3 is 2.52 bits per heavy atom. The summed E-state index contributed by atoms with van der Waals surface area (Å²) in [6.07, 6.45) is -1.91. The van der Waals surface area contributed by atoms with E-state index < -0.39 is 43.0 Å². The predicted octanol–water partition coefficient (Wildman–Crippen LogP) is 1.73. The lowest BCUT2D eigenvalue weighted by atomic mass is 9.96. The van der Waals surface area contributed by atoms with Crippen LogP contribution in [0.2, 0.25) is 0 Å². The number of carbonyl (C=O) groups is 2. The van der Waals surface area contributed by atoms with Crippen molar-refractivity contribution < 1.29 is 27.9 Å². The van der Waals surface area contributed by atoms with Gasteiger partial charge in [0.05, 0.1) is 17.4 Å². The highest BCUT2D eigenvalue weighted by molar-refractivity contribution is 5.95. The molecule has 1 aliphatic rings. The number of carboxylic acid groups (broad SMARTS) is 1. The number of likely N-dealkylation sites (tertiary alicyclic amines) is 1. The van der Waals surface area contributed by atoms with Crippen molar-refractivity contribution in [2.75, 3.05) is 13.1 Å². The molecule has 0 aromatic carbocycles. The molecule has 8 heteroatoms. The lowest BCUT2D eigenvalue weighted by molar-refractivity contribution is -0.187. The number of halogens is 3. The minimum atomic E-state index is -4.65. The van der Waals surface area contributed by atoms with Gasteiger partial charge in [-0.3, -0.25) is 14.6 Å². The lowest BCUT2D eigenvalue weighted by Gasteiger charge is -2.18. The Balaban J connectivity index is 2.25. The molecule has 0 spiro atoms. The first-order valence-electron chi connectivity index (χ1n) is 6.21. The smallest absolute Gasteiger partial charge is 0.394 e. The number of carboxylic acids is 1. The molecule has 2 rings (SSSR count). The van der Waals surface area contributed by atoms with Crippen molar-refractivity contribution in [1.29, 1.82) is 0 Å². The molecule has 0 radical (unpaired) electrons. The number of alkyl halides is 3. The van der Waals surface area contributed by atoms with E-state index in [4.69, 9.17) is 5.11 Å². The number of hydrogen-bond donors (Lipinski definition) is 1. The normalized spacial score (nSPS) is 22.4. The first kappa shape index (κ1) is 15.3. The summed E-state index contributed by atoms with van der Waals surface area (Å²) in [7, 11) is 0. The molecule has 2 atom stereocenters. The molecule has 114 valence electrons. The van der Waals surface area contributed by atoms with Crippen LogP contribution >= 0.6 is 0 Å². The topological polar surface area (TPSA) is 70.5 Å². The van der Waals surface area contributed by atoms with Crippen molar-refractivity contribution in [3.8, 4) is 0 Å². The van der Waals surface area contributed by atoms with Crippen LogP contribution in [0.15, 0.2) is 18.5 Å². The molecule has 1 aliphatic heterocycles. The molecule has 5 nitrogen and oxygen atoms in total. The van der Waals surface area contributed by atoms with Crippen LogP contribution in [-0.2, 0) is 4.79 Å². The fraction of sp³-hybridized carbons (Fsp3) is 0.462. The number of nitrogens with zero attached hydrogens (tertiary/aromatic N) is 2. The fourth-order valence-electron chi connectivity index (χ4n) is 2.41. The monoisotopic (exact) mass is 302 g/mol. The standard InChI is InChI=1S/C13H13F3N2O3/c1-7-2-3-17-4-8(7)11(19)18-5-9(12(20)21)10(6-18)13(14,15)16/h2-4,9-10H,5-6H2,1H3,(H,20,21)/t9-,10-/m1/s1. The molecule has 0 saturated carbocycles. The molecule has 1 aromatic rings. The Morgan fingerprint density at radius 2 is 2.05 bits per heavy atom. The molecule has 0 aliphatic carbocycles. The van der Waals surface area contributed by atoms with E-state index in [9.17, 15) is 22.8 Å². The number of hydrogen-bond acceptors (Lipinski definition) is 3. The van der Waals surface area contributed by atoms with Gasteiger partial charge in [-0.05, 0) is 18.6 Å². The van der Waals surface area contributed by atoms with E-state index >= 15 is 0 Å². The van der Waals surface area contributed by atoms with Crippen molar-refractivity contribution in [3.05, 3.63) is 29.6 Å². The fourth-order valence-corrected chi connectivity index (χ4v) is 2.41. The number of aliphatic carboxylic acids is 1. The number of pyridine rings is 1. The van der Waals surface area contributed by atoms with Crippen molar-refractivity contribution >= 4 is 11.9 Å².